The van der Waals surface area contributed by atoms with Gasteiger partial charge in [0.25, 0.3) is 0 Å². The van der Waals surface area contributed by atoms with Crippen molar-refractivity contribution < 1.29 is 13.2 Å². The van der Waals surface area contributed by atoms with E-state index in [1.165, 1.54) is 25.7 Å². The van der Waals surface area contributed by atoms with Gasteiger partial charge < -0.3 is 15.4 Å². The predicted octanol–water partition coefficient (Wildman–Crippen LogP) is 3.43. The fourth-order valence-electron chi connectivity index (χ4n) is 3.80. The Morgan fingerprint density at radius 2 is 1.77 bits per heavy atom. The number of aryl methyl sites for hydroxylation is 1. The number of ether oxygens (including phenoxy) is 1. The van der Waals surface area contributed by atoms with E-state index < -0.39 is 10.0 Å². The Bertz CT molecular complexity index is 763. The first kappa shape index (κ1) is 28.1. The van der Waals surface area contributed by atoms with Gasteiger partial charge >= 0.3 is 0 Å². The van der Waals surface area contributed by atoms with E-state index in [2.05, 4.69) is 15.4 Å². The Hall–Kier alpha value is -0.910. The lowest BCUT2D eigenvalue weighted by atomic mass is 9.83. The van der Waals surface area contributed by atoms with Crippen molar-refractivity contribution in [3.63, 3.8) is 0 Å². The van der Waals surface area contributed by atoms with E-state index in [-0.39, 0.29) is 40.8 Å². The van der Waals surface area contributed by atoms with Crippen LogP contribution in [-0.2, 0) is 14.8 Å². The predicted molar refractivity (Wildman–Crippen MR) is 138 cm³/mol. The van der Waals surface area contributed by atoms with Gasteiger partial charge in [-0.05, 0) is 57.6 Å². The van der Waals surface area contributed by atoms with Gasteiger partial charge in [0, 0.05) is 39.4 Å². The summed E-state index contributed by atoms with van der Waals surface area (Å²) in [7, 11) is -3.50. The Balaban J connectivity index is 0.00000480. The Morgan fingerprint density at radius 3 is 2.39 bits per heavy atom. The summed E-state index contributed by atoms with van der Waals surface area (Å²) in [6.45, 7) is 9.80. The Labute approximate surface area is 205 Å². The molecule has 1 fully saturated rings. The summed E-state index contributed by atoms with van der Waals surface area (Å²) in [6.07, 6.45) is 5.94. The number of sulfonamides is 1. The second-order valence-corrected chi connectivity index (χ2v) is 9.75. The van der Waals surface area contributed by atoms with Crippen LogP contribution in [0.3, 0.4) is 0 Å². The molecule has 1 aromatic carbocycles. The van der Waals surface area contributed by atoms with Gasteiger partial charge in [0.2, 0.25) is 10.0 Å². The van der Waals surface area contributed by atoms with Crippen molar-refractivity contribution in [1.29, 1.82) is 0 Å². The van der Waals surface area contributed by atoms with Gasteiger partial charge in [-0.25, -0.2) is 13.1 Å². The summed E-state index contributed by atoms with van der Waals surface area (Å²) in [6, 6.07) is 6.85. The van der Waals surface area contributed by atoms with E-state index in [0.717, 1.165) is 44.2 Å². The van der Waals surface area contributed by atoms with Crippen molar-refractivity contribution >= 4 is 40.0 Å². The third kappa shape index (κ3) is 9.63. The largest absolute Gasteiger partial charge is 0.382 e. The van der Waals surface area contributed by atoms with Crippen LogP contribution in [0.25, 0.3) is 0 Å². The second-order valence-electron chi connectivity index (χ2n) is 7.99. The maximum atomic E-state index is 12.4. The molecule has 0 unspecified atom stereocenters. The molecule has 1 aliphatic rings. The van der Waals surface area contributed by atoms with Gasteiger partial charge in [0.05, 0.1) is 4.90 Å². The first-order valence-electron chi connectivity index (χ1n) is 11.1. The normalized spacial score (nSPS) is 16.0. The molecule has 9 heteroatoms. The first-order valence-corrected chi connectivity index (χ1v) is 12.6. The third-order valence-corrected chi connectivity index (χ3v) is 7.08. The van der Waals surface area contributed by atoms with Crippen LogP contribution in [-0.4, -0.2) is 53.8 Å². The minimum atomic E-state index is -3.50. The summed E-state index contributed by atoms with van der Waals surface area (Å²) in [5, 5.41) is 6.50. The highest BCUT2D eigenvalue weighted by Crippen LogP contribution is 2.41. The van der Waals surface area contributed by atoms with E-state index in [4.69, 9.17) is 9.73 Å². The van der Waals surface area contributed by atoms with Gasteiger partial charge in [-0.3, -0.25) is 4.99 Å². The van der Waals surface area contributed by atoms with Crippen molar-refractivity contribution in [3.05, 3.63) is 29.8 Å². The summed E-state index contributed by atoms with van der Waals surface area (Å²) in [4.78, 5) is 5.09. The number of hydrogen-bond acceptors (Lipinski definition) is 4. The molecule has 7 nitrogen and oxygen atoms in total. The number of nitrogens with one attached hydrogen (secondary N) is 3. The minimum Gasteiger partial charge on any atom is -0.382 e. The number of guanidine groups is 1. The van der Waals surface area contributed by atoms with Crippen LogP contribution in [0.1, 0.15) is 51.5 Å². The zero-order valence-electron chi connectivity index (χ0n) is 19.1. The molecule has 0 saturated heterocycles. The quantitative estimate of drug-likeness (QED) is 0.156. The van der Waals surface area contributed by atoms with Gasteiger partial charge in [-0.2, -0.15) is 0 Å². The van der Waals surface area contributed by atoms with E-state index >= 15 is 0 Å². The molecule has 0 radical (unpaired) electrons. The number of benzene rings is 1. The van der Waals surface area contributed by atoms with Crippen LogP contribution in [0, 0.1) is 12.3 Å². The topological polar surface area (TPSA) is 91.8 Å². The fourth-order valence-corrected chi connectivity index (χ4v) is 4.83. The van der Waals surface area contributed by atoms with Gasteiger partial charge in [0.15, 0.2) is 5.96 Å². The molecule has 31 heavy (non-hydrogen) atoms. The lowest BCUT2D eigenvalue weighted by molar-refractivity contribution is 0.107. The molecule has 178 valence electrons. The lowest BCUT2D eigenvalue weighted by Gasteiger charge is -2.27. The summed E-state index contributed by atoms with van der Waals surface area (Å²) >= 11 is 0. The first-order chi connectivity index (χ1) is 14.4. The highest BCUT2D eigenvalue weighted by Gasteiger charge is 2.33. The molecular weight excluding hydrogens is 527 g/mol. The van der Waals surface area contributed by atoms with Crippen LogP contribution in [0.2, 0.25) is 0 Å². The molecular formula is C22H39IN4O3S. The van der Waals surface area contributed by atoms with E-state index in [1.54, 1.807) is 24.3 Å². The lowest BCUT2D eigenvalue weighted by Crippen LogP contribution is -2.42. The Morgan fingerprint density at radius 1 is 1.10 bits per heavy atom. The van der Waals surface area contributed by atoms with E-state index in [9.17, 15) is 8.42 Å². The molecule has 0 aliphatic heterocycles. The molecule has 0 spiro atoms. The maximum Gasteiger partial charge on any atom is 0.240 e. The third-order valence-electron chi connectivity index (χ3n) is 5.60. The fraction of sp³-hybridized carbons (Fsp3) is 0.682. The molecule has 2 rings (SSSR count). The number of hydrogen-bond donors (Lipinski definition) is 3. The minimum absolute atomic E-state index is 0. The second kappa shape index (κ2) is 14.3. The van der Waals surface area contributed by atoms with Crippen LogP contribution in [0.4, 0.5) is 0 Å². The summed E-state index contributed by atoms with van der Waals surface area (Å²) in [5.74, 6) is 0.731. The van der Waals surface area contributed by atoms with Crippen LogP contribution < -0.4 is 15.4 Å². The molecule has 0 amide bonds. The van der Waals surface area contributed by atoms with Crippen molar-refractivity contribution in [1.82, 2.24) is 15.4 Å². The standard InChI is InChI=1S/C22H38N4O3S.HI/c1-4-23-21(25-18-22(12-6-7-13-22)14-17-29-5-2)24-15-16-26-30(27,28)20-10-8-19(3)9-11-20;/h8-11,26H,4-7,12-18H2,1-3H3,(H2,23,24,25);1H. The molecule has 1 aliphatic carbocycles. The zero-order valence-corrected chi connectivity index (χ0v) is 22.2. The zero-order chi connectivity index (χ0) is 21.9. The molecule has 0 aromatic heterocycles. The summed E-state index contributed by atoms with van der Waals surface area (Å²) in [5.41, 5.74) is 1.26. The molecule has 1 saturated carbocycles. The molecule has 0 bridgehead atoms. The van der Waals surface area contributed by atoms with Crippen molar-refractivity contribution in [3.8, 4) is 0 Å². The molecule has 3 N–H and O–H groups in total. The summed E-state index contributed by atoms with van der Waals surface area (Å²) < 4.78 is 33.0. The van der Waals surface area contributed by atoms with Crippen molar-refractivity contribution in [2.24, 2.45) is 10.4 Å². The monoisotopic (exact) mass is 566 g/mol. The van der Waals surface area contributed by atoms with E-state index in [1.807, 2.05) is 20.8 Å². The van der Waals surface area contributed by atoms with Gasteiger partial charge in [-0.15, -0.1) is 24.0 Å². The SMILES string of the molecule is CCNC(=NCC1(CCOCC)CCCC1)NCCNS(=O)(=O)c1ccc(C)cc1.I. The molecule has 0 heterocycles. The highest BCUT2D eigenvalue weighted by atomic mass is 127. The number of rotatable bonds is 12. The van der Waals surface area contributed by atoms with Crippen LogP contribution >= 0.6 is 24.0 Å². The van der Waals surface area contributed by atoms with Crippen LogP contribution in [0.15, 0.2) is 34.2 Å². The average molecular weight is 567 g/mol. The molecule has 1 aromatic rings. The molecule has 0 atom stereocenters. The van der Waals surface area contributed by atoms with Gasteiger partial charge in [0.1, 0.15) is 0 Å². The van der Waals surface area contributed by atoms with Crippen molar-refractivity contribution in [2.75, 3.05) is 39.4 Å². The smallest absolute Gasteiger partial charge is 0.240 e. The average Bonchev–Trinajstić information content (AvgIpc) is 3.19. The van der Waals surface area contributed by atoms with Crippen LogP contribution in [0.5, 0.6) is 0 Å². The number of halogens is 1. The van der Waals surface area contributed by atoms with E-state index in [0.29, 0.717) is 6.54 Å². The Kier molecular flexibility index (Phi) is 13.0. The highest BCUT2D eigenvalue weighted by molar-refractivity contribution is 14.0. The number of nitrogens with zero attached hydrogens (tertiary/aromatic N) is 1. The van der Waals surface area contributed by atoms with Gasteiger partial charge in [-0.1, -0.05) is 30.5 Å². The maximum absolute atomic E-state index is 12.4. The number of aliphatic imine (C=N–C) groups is 1. The van der Waals surface area contributed by atoms with Crippen molar-refractivity contribution in [2.45, 2.75) is 57.8 Å².